The molecule has 0 atom stereocenters. The summed E-state index contributed by atoms with van der Waals surface area (Å²) < 4.78 is 0. The first-order valence-corrected chi connectivity index (χ1v) is 6.86. The minimum atomic E-state index is -0.0579. The van der Waals surface area contributed by atoms with Gasteiger partial charge in [-0.3, -0.25) is 0 Å². The molecule has 0 spiro atoms. The molecule has 0 aliphatic rings. The number of nitrogens with two attached hydrogens (primary N) is 1. The van der Waals surface area contributed by atoms with Crippen molar-refractivity contribution in [3.63, 3.8) is 0 Å². The molecule has 0 bridgehead atoms. The van der Waals surface area contributed by atoms with E-state index in [2.05, 4.69) is 36.2 Å². The lowest BCUT2D eigenvalue weighted by molar-refractivity contribution is 0.563. The van der Waals surface area contributed by atoms with Gasteiger partial charge in [0.05, 0.1) is 5.69 Å². The van der Waals surface area contributed by atoms with Crippen LogP contribution in [0.4, 0.5) is 5.82 Å². The van der Waals surface area contributed by atoms with Crippen LogP contribution in [0, 0.1) is 0 Å². The van der Waals surface area contributed by atoms with Crippen LogP contribution in [-0.4, -0.2) is 9.97 Å². The van der Waals surface area contributed by atoms with E-state index >= 15 is 0 Å². The second kappa shape index (κ2) is 5.77. The summed E-state index contributed by atoms with van der Waals surface area (Å²) in [5.41, 5.74) is 4.57. The van der Waals surface area contributed by atoms with Crippen LogP contribution in [0.5, 0.6) is 0 Å². The Bertz CT molecular complexity index is 605. The smallest absolute Gasteiger partial charge is 0.143 e. The van der Waals surface area contributed by atoms with Crippen LogP contribution in [0.2, 0.25) is 5.02 Å². The number of benzene rings is 1. The highest BCUT2D eigenvalue weighted by Gasteiger charge is 2.18. The summed E-state index contributed by atoms with van der Waals surface area (Å²) in [5.74, 6) is 6.84. The molecule has 2 aromatic rings. The summed E-state index contributed by atoms with van der Waals surface area (Å²) in [6, 6.07) is 9.58. The highest BCUT2D eigenvalue weighted by Crippen LogP contribution is 2.23. The quantitative estimate of drug-likeness (QED) is 0.672. The molecular weight excluding hydrogens is 272 g/mol. The Kier molecular flexibility index (Phi) is 4.26. The molecular formula is C15H19ClN4. The van der Waals surface area contributed by atoms with Crippen molar-refractivity contribution < 1.29 is 0 Å². The van der Waals surface area contributed by atoms with Gasteiger partial charge in [-0.05, 0) is 17.7 Å². The van der Waals surface area contributed by atoms with Gasteiger partial charge in [0.2, 0.25) is 0 Å². The van der Waals surface area contributed by atoms with Crippen molar-refractivity contribution in [2.24, 2.45) is 5.84 Å². The third-order valence-electron chi connectivity index (χ3n) is 2.94. The largest absolute Gasteiger partial charge is 0.308 e. The average molecular weight is 291 g/mol. The summed E-state index contributed by atoms with van der Waals surface area (Å²) in [7, 11) is 0. The fraction of sp³-hybridized carbons (Fsp3) is 0.333. The number of halogens is 1. The van der Waals surface area contributed by atoms with Crippen LogP contribution in [0.1, 0.15) is 37.9 Å². The van der Waals surface area contributed by atoms with Crippen molar-refractivity contribution in [1.29, 1.82) is 0 Å². The molecule has 0 radical (unpaired) electrons. The number of nitrogens with zero attached hydrogens (tertiary/aromatic N) is 2. The van der Waals surface area contributed by atoms with Crippen LogP contribution in [0.3, 0.4) is 0 Å². The van der Waals surface area contributed by atoms with Gasteiger partial charge >= 0.3 is 0 Å². The second-order valence-electron chi connectivity index (χ2n) is 5.76. The Morgan fingerprint density at radius 2 is 1.95 bits per heavy atom. The Hall–Kier alpha value is -1.65. The molecule has 0 aliphatic carbocycles. The van der Waals surface area contributed by atoms with E-state index in [1.165, 1.54) is 0 Å². The number of hydrogen-bond acceptors (Lipinski definition) is 4. The van der Waals surface area contributed by atoms with Crippen LogP contribution >= 0.6 is 11.6 Å². The van der Waals surface area contributed by atoms with Crippen LogP contribution in [0.25, 0.3) is 0 Å². The topological polar surface area (TPSA) is 63.8 Å². The number of hydrogen-bond donors (Lipinski definition) is 2. The molecule has 5 heteroatoms. The number of aromatic nitrogens is 2. The van der Waals surface area contributed by atoms with Crippen LogP contribution in [-0.2, 0) is 11.8 Å². The molecule has 3 N–H and O–H groups in total. The number of anilines is 1. The average Bonchev–Trinajstić information content (AvgIpc) is 2.37. The summed E-state index contributed by atoms with van der Waals surface area (Å²) in [5, 5.41) is 0.714. The summed E-state index contributed by atoms with van der Waals surface area (Å²) in [4.78, 5) is 9.03. The van der Waals surface area contributed by atoms with Gasteiger partial charge in [-0.25, -0.2) is 15.8 Å². The lowest BCUT2D eigenvalue weighted by atomic mass is 9.92. The number of nitrogen functional groups attached to an aromatic ring is 1. The summed E-state index contributed by atoms with van der Waals surface area (Å²) >= 11 is 6.00. The normalized spacial score (nSPS) is 11.4. The molecule has 0 saturated heterocycles. The van der Waals surface area contributed by atoms with Crippen molar-refractivity contribution >= 4 is 17.4 Å². The molecule has 106 valence electrons. The second-order valence-corrected chi connectivity index (χ2v) is 6.19. The highest BCUT2D eigenvalue weighted by atomic mass is 35.5. The Balaban J connectivity index is 2.36. The minimum absolute atomic E-state index is 0.0579. The van der Waals surface area contributed by atoms with E-state index < -0.39 is 0 Å². The van der Waals surface area contributed by atoms with Gasteiger partial charge < -0.3 is 5.43 Å². The van der Waals surface area contributed by atoms with E-state index in [-0.39, 0.29) is 5.41 Å². The fourth-order valence-electron chi connectivity index (χ4n) is 1.86. The molecule has 20 heavy (non-hydrogen) atoms. The summed E-state index contributed by atoms with van der Waals surface area (Å²) in [6.45, 7) is 6.33. The van der Waals surface area contributed by atoms with Gasteiger partial charge in [-0.15, -0.1) is 0 Å². The van der Waals surface area contributed by atoms with Gasteiger partial charge in [0.1, 0.15) is 11.6 Å². The van der Waals surface area contributed by atoms with Crippen molar-refractivity contribution in [3.05, 3.63) is 52.4 Å². The highest BCUT2D eigenvalue weighted by molar-refractivity contribution is 6.30. The standard InChI is InChI=1S/C15H19ClN4/c1-15(2,3)12-9-14(20-17)19-13(18-12)8-10-5-4-6-11(16)7-10/h4-7,9H,8,17H2,1-3H3,(H,18,19,20). The van der Waals surface area contributed by atoms with Crippen molar-refractivity contribution in [2.45, 2.75) is 32.6 Å². The Labute approximate surface area is 124 Å². The Morgan fingerprint density at radius 1 is 1.20 bits per heavy atom. The van der Waals surface area contributed by atoms with Crippen LogP contribution < -0.4 is 11.3 Å². The molecule has 4 nitrogen and oxygen atoms in total. The molecule has 0 unspecified atom stereocenters. The van der Waals surface area contributed by atoms with E-state index in [0.29, 0.717) is 17.3 Å². The van der Waals surface area contributed by atoms with E-state index in [1.807, 2.05) is 30.3 Å². The molecule has 0 amide bonds. The number of nitrogens with one attached hydrogen (secondary N) is 1. The predicted octanol–water partition coefficient (Wildman–Crippen LogP) is 3.30. The molecule has 0 fully saturated rings. The molecule has 2 rings (SSSR count). The lowest BCUT2D eigenvalue weighted by Crippen LogP contribution is -2.18. The fourth-order valence-corrected chi connectivity index (χ4v) is 2.08. The zero-order chi connectivity index (χ0) is 14.8. The van der Waals surface area contributed by atoms with Gasteiger partial charge in [0, 0.05) is 22.9 Å². The molecule has 0 aliphatic heterocycles. The maximum atomic E-state index is 6.00. The summed E-state index contributed by atoms with van der Waals surface area (Å²) in [6.07, 6.45) is 0.624. The first-order valence-electron chi connectivity index (χ1n) is 6.48. The number of hydrazine groups is 1. The molecule has 1 heterocycles. The zero-order valence-electron chi connectivity index (χ0n) is 11.9. The van der Waals surface area contributed by atoms with Gasteiger partial charge in [0.25, 0.3) is 0 Å². The molecule has 0 saturated carbocycles. The van der Waals surface area contributed by atoms with Gasteiger partial charge in [-0.2, -0.15) is 0 Å². The van der Waals surface area contributed by atoms with Crippen molar-refractivity contribution in [3.8, 4) is 0 Å². The Morgan fingerprint density at radius 3 is 2.55 bits per heavy atom. The monoisotopic (exact) mass is 290 g/mol. The first kappa shape index (κ1) is 14.8. The SMILES string of the molecule is CC(C)(C)c1cc(NN)nc(Cc2cccc(Cl)c2)n1. The maximum Gasteiger partial charge on any atom is 0.143 e. The predicted molar refractivity (Wildman–Crippen MR) is 82.8 cm³/mol. The lowest BCUT2D eigenvalue weighted by Gasteiger charge is -2.19. The van der Waals surface area contributed by atoms with E-state index in [9.17, 15) is 0 Å². The van der Waals surface area contributed by atoms with Crippen LogP contribution in [0.15, 0.2) is 30.3 Å². The van der Waals surface area contributed by atoms with E-state index in [0.717, 1.165) is 17.1 Å². The van der Waals surface area contributed by atoms with Gasteiger partial charge in [0.15, 0.2) is 0 Å². The van der Waals surface area contributed by atoms with Gasteiger partial charge in [-0.1, -0.05) is 44.5 Å². The molecule has 1 aromatic carbocycles. The number of rotatable bonds is 3. The first-order chi connectivity index (χ1) is 9.38. The molecule has 1 aromatic heterocycles. The zero-order valence-corrected chi connectivity index (χ0v) is 12.7. The van der Waals surface area contributed by atoms with Crippen molar-refractivity contribution in [1.82, 2.24) is 9.97 Å². The maximum absolute atomic E-state index is 6.00. The van der Waals surface area contributed by atoms with Crippen molar-refractivity contribution in [2.75, 3.05) is 5.43 Å². The van der Waals surface area contributed by atoms with E-state index in [4.69, 9.17) is 17.4 Å². The van der Waals surface area contributed by atoms with E-state index in [1.54, 1.807) is 0 Å². The third-order valence-corrected chi connectivity index (χ3v) is 3.18. The third kappa shape index (κ3) is 3.68. The minimum Gasteiger partial charge on any atom is -0.308 e.